The van der Waals surface area contributed by atoms with Crippen LogP contribution in [0, 0.1) is 6.92 Å². The lowest BCUT2D eigenvalue weighted by Crippen LogP contribution is -2.51. The van der Waals surface area contributed by atoms with Gasteiger partial charge in [0.1, 0.15) is 18.3 Å². The summed E-state index contributed by atoms with van der Waals surface area (Å²) in [5.41, 5.74) is 1.94. The standard InChI is InChI=1S/C31H38BrN3O5S/c1-5-7-19-33-31(37)24(4)34(21-25-11-10-12-26(32)20-25)30(36)22-35(28-13-8-9-14-29(28)40-6-2)41(38,39)27-17-15-23(3)16-18-27/h8-18,20,24H,5-7,19,21-22H2,1-4H3,(H,33,37). The minimum absolute atomic E-state index is 0.0473. The molecule has 0 aliphatic heterocycles. The maximum absolute atomic E-state index is 14.1. The Hall–Kier alpha value is -3.37. The maximum Gasteiger partial charge on any atom is 0.264 e. The predicted molar refractivity (Wildman–Crippen MR) is 165 cm³/mol. The van der Waals surface area contributed by atoms with Gasteiger partial charge in [-0.3, -0.25) is 13.9 Å². The van der Waals surface area contributed by atoms with E-state index < -0.39 is 28.5 Å². The summed E-state index contributed by atoms with van der Waals surface area (Å²) >= 11 is 3.46. The van der Waals surface area contributed by atoms with Crippen LogP contribution in [-0.2, 0) is 26.2 Å². The molecule has 0 aromatic heterocycles. The van der Waals surface area contributed by atoms with E-state index >= 15 is 0 Å². The van der Waals surface area contributed by atoms with E-state index in [0.717, 1.165) is 32.7 Å². The van der Waals surface area contributed by atoms with Gasteiger partial charge in [0.05, 0.1) is 17.2 Å². The van der Waals surface area contributed by atoms with Crippen LogP contribution in [0.15, 0.2) is 82.2 Å². The minimum atomic E-state index is -4.19. The second kappa shape index (κ2) is 15.0. The Labute approximate surface area is 251 Å². The van der Waals surface area contributed by atoms with Gasteiger partial charge in [0.2, 0.25) is 11.8 Å². The number of hydrogen-bond donors (Lipinski definition) is 1. The Balaban J connectivity index is 2.05. The number of sulfonamides is 1. The molecule has 0 aliphatic rings. The fraction of sp³-hybridized carbons (Fsp3) is 0.355. The van der Waals surface area contributed by atoms with Crippen molar-refractivity contribution in [2.24, 2.45) is 0 Å². The second-order valence-electron chi connectivity index (χ2n) is 9.70. The van der Waals surface area contributed by atoms with Gasteiger partial charge in [0.25, 0.3) is 10.0 Å². The van der Waals surface area contributed by atoms with Crippen molar-refractivity contribution in [2.75, 3.05) is 24.0 Å². The first-order chi connectivity index (χ1) is 19.6. The summed E-state index contributed by atoms with van der Waals surface area (Å²) in [7, 11) is -4.19. The number of para-hydroxylation sites is 2. The van der Waals surface area contributed by atoms with Gasteiger partial charge in [-0.15, -0.1) is 0 Å². The van der Waals surface area contributed by atoms with Crippen LogP contribution >= 0.6 is 15.9 Å². The summed E-state index contributed by atoms with van der Waals surface area (Å²) in [4.78, 5) is 28.6. The van der Waals surface area contributed by atoms with E-state index in [9.17, 15) is 18.0 Å². The number of unbranched alkanes of at least 4 members (excludes halogenated alkanes) is 1. The van der Waals surface area contributed by atoms with Crippen molar-refractivity contribution in [3.63, 3.8) is 0 Å². The summed E-state index contributed by atoms with van der Waals surface area (Å²) in [6, 6.07) is 19.8. The molecule has 0 spiro atoms. The number of rotatable bonds is 14. The number of carbonyl (C=O) groups excluding carboxylic acids is 2. The molecule has 0 bridgehead atoms. The lowest BCUT2D eigenvalue weighted by atomic mass is 10.1. The summed E-state index contributed by atoms with van der Waals surface area (Å²) < 4.78 is 35.8. The molecule has 220 valence electrons. The molecule has 10 heteroatoms. The molecule has 3 aromatic rings. The number of ether oxygens (including phenoxy) is 1. The normalized spacial score (nSPS) is 11.9. The van der Waals surface area contributed by atoms with E-state index in [1.54, 1.807) is 50.2 Å². The number of nitrogens with zero attached hydrogens (tertiary/aromatic N) is 2. The van der Waals surface area contributed by atoms with Crippen LogP contribution in [0.25, 0.3) is 0 Å². The zero-order chi connectivity index (χ0) is 30.0. The van der Waals surface area contributed by atoms with Crippen LogP contribution in [0.1, 0.15) is 44.7 Å². The molecular formula is C31H38BrN3O5S. The van der Waals surface area contributed by atoms with Crippen LogP contribution in [0.4, 0.5) is 5.69 Å². The number of benzene rings is 3. The van der Waals surface area contributed by atoms with Crippen LogP contribution in [0.2, 0.25) is 0 Å². The number of amides is 2. The highest BCUT2D eigenvalue weighted by Gasteiger charge is 2.33. The molecule has 0 heterocycles. The largest absolute Gasteiger partial charge is 0.492 e. The highest BCUT2D eigenvalue weighted by molar-refractivity contribution is 9.10. The number of hydrogen-bond acceptors (Lipinski definition) is 5. The lowest BCUT2D eigenvalue weighted by Gasteiger charge is -2.32. The summed E-state index contributed by atoms with van der Waals surface area (Å²) in [5, 5.41) is 2.89. The Morgan fingerprint density at radius 3 is 2.37 bits per heavy atom. The van der Waals surface area contributed by atoms with Gasteiger partial charge in [-0.05, 0) is 69.2 Å². The van der Waals surface area contributed by atoms with E-state index in [4.69, 9.17) is 4.74 Å². The van der Waals surface area contributed by atoms with Gasteiger partial charge < -0.3 is 15.0 Å². The number of aryl methyl sites for hydroxylation is 1. The van der Waals surface area contributed by atoms with Crippen LogP contribution < -0.4 is 14.4 Å². The Kier molecular flexibility index (Phi) is 11.8. The van der Waals surface area contributed by atoms with Gasteiger partial charge in [-0.25, -0.2) is 8.42 Å². The molecule has 8 nitrogen and oxygen atoms in total. The van der Waals surface area contributed by atoms with Crippen molar-refractivity contribution in [3.8, 4) is 5.75 Å². The zero-order valence-electron chi connectivity index (χ0n) is 24.0. The van der Waals surface area contributed by atoms with Gasteiger partial charge in [0.15, 0.2) is 0 Å². The Morgan fingerprint density at radius 2 is 1.71 bits per heavy atom. The van der Waals surface area contributed by atoms with E-state index in [0.29, 0.717) is 18.9 Å². The first-order valence-electron chi connectivity index (χ1n) is 13.7. The number of nitrogens with one attached hydrogen (secondary N) is 1. The second-order valence-corrected chi connectivity index (χ2v) is 12.5. The third kappa shape index (κ3) is 8.56. The van der Waals surface area contributed by atoms with Crippen LogP contribution in [0.5, 0.6) is 5.75 Å². The van der Waals surface area contributed by atoms with Crippen molar-refractivity contribution in [1.82, 2.24) is 10.2 Å². The quantitative estimate of drug-likeness (QED) is 0.228. The van der Waals surface area contributed by atoms with Crippen molar-refractivity contribution < 1.29 is 22.7 Å². The van der Waals surface area contributed by atoms with Crippen molar-refractivity contribution in [1.29, 1.82) is 0 Å². The predicted octanol–water partition coefficient (Wildman–Crippen LogP) is 5.69. The van der Waals surface area contributed by atoms with Gasteiger partial charge in [-0.1, -0.05) is 71.2 Å². The zero-order valence-corrected chi connectivity index (χ0v) is 26.4. The minimum Gasteiger partial charge on any atom is -0.492 e. The van der Waals surface area contributed by atoms with E-state index in [1.165, 1.54) is 17.0 Å². The molecule has 3 aromatic carbocycles. The molecule has 3 rings (SSSR count). The molecule has 0 aliphatic carbocycles. The summed E-state index contributed by atoms with van der Waals surface area (Å²) in [6.07, 6.45) is 1.73. The number of carbonyl (C=O) groups is 2. The van der Waals surface area contributed by atoms with E-state index in [-0.39, 0.29) is 23.0 Å². The SMILES string of the molecule is CCCCNC(=O)C(C)N(Cc1cccc(Br)c1)C(=O)CN(c1ccccc1OCC)S(=O)(=O)c1ccc(C)cc1. The topological polar surface area (TPSA) is 96.0 Å². The van der Waals surface area contributed by atoms with Crippen molar-refractivity contribution in [2.45, 2.75) is 58.0 Å². The smallest absolute Gasteiger partial charge is 0.264 e. The molecule has 0 fully saturated rings. The lowest BCUT2D eigenvalue weighted by molar-refractivity contribution is -0.139. The first-order valence-corrected chi connectivity index (χ1v) is 15.9. The van der Waals surface area contributed by atoms with Gasteiger partial charge >= 0.3 is 0 Å². The molecule has 41 heavy (non-hydrogen) atoms. The van der Waals surface area contributed by atoms with Crippen molar-refractivity contribution in [3.05, 3.63) is 88.4 Å². The van der Waals surface area contributed by atoms with Crippen LogP contribution in [0.3, 0.4) is 0 Å². The Bertz CT molecular complexity index is 1430. The summed E-state index contributed by atoms with van der Waals surface area (Å²) in [5.74, 6) is -0.489. The molecule has 1 unspecified atom stereocenters. The molecule has 1 N–H and O–H groups in total. The highest BCUT2D eigenvalue weighted by atomic mass is 79.9. The van der Waals surface area contributed by atoms with E-state index in [2.05, 4.69) is 21.2 Å². The highest BCUT2D eigenvalue weighted by Crippen LogP contribution is 2.33. The fourth-order valence-electron chi connectivity index (χ4n) is 4.24. The number of anilines is 1. The van der Waals surface area contributed by atoms with Gasteiger partial charge in [-0.2, -0.15) is 0 Å². The third-order valence-corrected chi connectivity index (χ3v) is 8.83. The molecule has 0 saturated heterocycles. The average molecular weight is 645 g/mol. The fourth-order valence-corrected chi connectivity index (χ4v) is 6.11. The van der Waals surface area contributed by atoms with Crippen LogP contribution in [-0.4, -0.2) is 50.9 Å². The van der Waals surface area contributed by atoms with Crippen molar-refractivity contribution >= 4 is 43.5 Å². The third-order valence-electron chi connectivity index (χ3n) is 6.56. The summed E-state index contributed by atoms with van der Waals surface area (Å²) in [6.45, 7) is 7.76. The number of halogens is 1. The average Bonchev–Trinajstić information content (AvgIpc) is 2.95. The van der Waals surface area contributed by atoms with Gasteiger partial charge in [0, 0.05) is 17.6 Å². The van der Waals surface area contributed by atoms with E-state index in [1.807, 2.05) is 38.1 Å². The molecule has 0 radical (unpaired) electrons. The maximum atomic E-state index is 14.1. The molecule has 0 saturated carbocycles. The molecule has 1 atom stereocenters. The first kappa shape index (κ1) is 32.1. The monoisotopic (exact) mass is 643 g/mol. The molecular weight excluding hydrogens is 606 g/mol. The Morgan fingerprint density at radius 1 is 1.00 bits per heavy atom. The molecule has 2 amide bonds.